The second-order valence-corrected chi connectivity index (χ2v) is 10.4. The monoisotopic (exact) mass is 593 g/mol. The molecule has 2 N–H and O–H groups in total. The van der Waals surface area contributed by atoms with Crippen molar-refractivity contribution in [2.45, 2.75) is 45.6 Å². The van der Waals surface area contributed by atoms with Crippen molar-refractivity contribution in [3.63, 3.8) is 0 Å². The van der Waals surface area contributed by atoms with Crippen LogP contribution in [0.5, 0.6) is 11.5 Å². The molecule has 218 valence electrons. The summed E-state index contributed by atoms with van der Waals surface area (Å²) in [5, 5.41) is 13.2. The second-order valence-electron chi connectivity index (χ2n) is 9.62. The minimum Gasteiger partial charge on any atom is -0.505 e. The second kappa shape index (κ2) is 15.7. The molecule has 0 radical (unpaired) electrons. The fourth-order valence-electron chi connectivity index (χ4n) is 4.49. The van der Waals surface area contributed by atoms with E-state index in [1.165, 1.54) is 6.07 Å². The average Bonchev–Trinajstić information content (AvgIpc) is 2.94. The summed E-state index contributed by atoms with van der Waals surface area (Å²) in [6.07, 6.45) is 2.87. The van der Waals surface area contributed by atoms with Crippen molar-refractivity contribution >= 4 is 41.0 Å². The van der Waals surface area contributed by atoms with Gasteiger partial charge in [-0.1, -0.05) is 53.5 Å². The maximum Gasteiger partial charge on any atom is 0.328 e. The number of amides is 2. The summed E-state index contributed by atoms with van der Waals surface area (Å²) in [7, 11) is 0. The summed E-state index contributed by atoms with van der Waals surface area (Å²) in [6, 6.07) is 9.51. The predicted octanol–water partition coefficient (Wildman–Crippen LogP) is 4.32. The van der Waals surface area contributed by atoms with Gasteiger partial charge in [0.25, 0.3) is 5.91 Å². The van der Waals surface area contributed by atoms with Gasteiger partial charge in [0, 0.05) is 39.5 Å². The molecule has 1 aliphatic heterocycles. The summed E-state index contributed by atoms with van der Waals surface area (Å²) in [6.45, 7) is 8.03. The van der Waals surface area contributed by atoms with Gasteiger partial charge < -0.3 is 24.8 Å². The first-order valence-corrected chi connectivity index (χ1v) is 14.3. The normalized spacial score (nSPS) is 14.4. The highest BCUT2D eigenvalue weighted by Crippen LogP contribution is 2.42. The maximum absolute atomic E-state index is 13.0. The molecule has 0 bridgehead atoms. The minimum absolute atomic E-state index is 0.0760. The number of carbonyl (C=O) groups excluding carboxylic acids is 3. The van der Waals surface area contributed by atoms with Crippen LogP contribution >= 0.6 is 23.2 Å². The Bertz CT molecular complexity index is 1160. The lowest BCUT2D eigenvalue weighted by Crippen LogP contribution is -2.48. The number of nitrogens with zero attached hydrogens (tertiary/aromatic N) is 2. The number of hydrogen-bond donors (Lipinski definition) is 2. The first-order valence-electron chi connectivity index (χ1n) is 13.5. The van der Waals surface area contributed by atoms with E-state index in [2.05, 4.69) is 10.2 Å². The van der Waals surface area contributed by atoms with E-state index in [0.29, 0.717) is 6.61 Å². The first-order chi connectivity index (χ1) is 19.2. The number of esters is 1. The van der Waals surface area contributed by atoms with Gasteiger partial charge in [-0.2, -0.15) is 0 Å². The first kappa shape index (κ1) is 31.5. The number of phenolic OH excluding ortho intramolecular Hbond substituents is 1. The van der Waals surface area contributed by atoms with Crippen molar-refractivity contribution in [1.29, 1.82) is 0 Å². The molecule has 3 rings (SSSR count). The summed E-state index contributed by atoms with van der Waals surface area (Å²) in [4.78, 5) is 41.2. The summed E-state index contributed by atoms with van der Waals surface area (Å²) >= 11 is 12.7. The summed E-state index contributed by atoms with van der Waals surface area (Å²) < 4.78 is 10.9. The standard InChI is InChI=1S/C29H37Cl2N3O6/c1-3-39-29(38)24(18-21-10-6-4-7-11-21)32-28(37)22-19-23(30)27(25(31)26(22)36)40-17-9-5-8-12-33-13-15-34(16-14-33)20(2)35/h4,6-7,10-11,19,24,36H,3,5,8-9,12-18H2,1-2H3,(H,32,37)/t24-/m0/s1. The zero-order valence-corrected chi connectivity index (χ0v) is 24.5. The third-order valence-corrected chi connectivity index (χ3v) is 7.37. The zero-order valence-electron chi connectivity index (χ0n) is 23.0. The smallest absolute Gasteiger partial charge is 0.328 e. The molecule has 1 fully saturated rings. The minimum atomic E-state index is -0.972. The van der Waals surface area contributed by atoms with Gasteiger partial charge in [0.2, 0.25) is 5.91 Å². The maximum atomic E-state index is 13.0. The van der Waals surface area contributed by atoms with E-state index in [4.69, 9.17) is 32.7 Å². The van der Waals surface area contributed by atoms with Crippen molar-refractivity contribution in [1.82, 2.24) is 15.1 Å². The Morgan fingerprint density at radius 1 is 1.05 bits per heavy atom. The molecule has 1 atom stereocenters. The molecule has 2 amide bonds. The molecule has 1 saturated heterocycles. The molecule has 40 heavy (non-hydrogen) atoms. The topological polar surface area (TPSA) is 108 Å². The van der Waals surface area contributed by atoms with Gasteiger partial charge in [-0.15, -0.1) is 0 Å². The number of nitrogens with one attached hydrogen (secondary N) is 1. The Morgan fingerprint density at radius 2 is 1.75 bits per heavy atom. The molecule has 0 saturated carbocycles. The average molecular weight is 595 g/mol. The molecule has 2 aromatic rings. The van der Waals surface area contributed by atoms with E-state index in [1.54, 1.807) is 13.8 Å². The van der Waals surface area contributed by atoms with E-state index in [9.17, 15) is 19.5 Å². The molecular formula is C29H37Cl2N3O6. The predicted molar refractivity (Wildman–Crippen MR) is 154 cm³/mol. The van der Waals surface area contributed by atoms with Crippen LogP contribution < -0.4 is 10.1 Å². The fraction of sp³-hybridized carbons (Fsp3) is 0.483. The van der Waals surface area contributed by atoms with Crippen LogP contribution in [0.3, 0.4) is 0 Å². The molecule has 1 heterocycles. The van der Waals surface area contributed by atoms with Gasteiger partial charge in [-0.3, -0.25) is 14.5 Å². The molecule has 11 heteroatoms. The Labute approximate surface area is 245 Å². The van der Waals surface area contributed by atoms with E-state index in [-0.39, 0.29) is 40.3 Å². The van der Waals surface area contributed by atoms with Gasteiger partial charge in [0.1, 0.15) is 11.1 Å². The van der Waals surface area contributed by atoms with Crippen LogP contribution in [-0.2, 0) is 20.7 Å². The highest BCUT2D eigenvalue weighted by Gasteiger charge is 2.27. The van der Waals surface area contributed by atoms with Crippen LogP contribution in [0.4, 0.5) is 0 Å². The molecule has 1 aliphatic rings. The molecule has 0 spiro atoms. The number of carbonyl (C=O) groups is 3. The highest BCUT2D eigenvalue weighted by molar-refractivity contribution is 6.39. The molecule has 0 unspecified atom stereocenters. The Morgan fingerprint density at radius 3 is 2.40 bits per heavy atom. The van der Waals surface area contributed by atoms with Crippen LogP contribution in [0.1, 0.15) is 49.0 Å². The molecule has 2 aromatic carbocycles. The van der Waals surface area contributed by atoms with Crippen molar-refractivity contribution in [3.05, 3.63) is 57.6 Å². The van der Waals surface area contributed by atoms with Crippen molar-refractivity contribution < 1.29 is 29.0 Å². The van der Waals surface area contributed by atoms with Crippen molar-refractivity contribution in [2.75, 3.05) is 45.9 Å². The molecule has 0 aromatic heterocycles. The number of ether oxygens (including phenoxy) is 2. The van der Waals surface area contributed by atoms with Gasteiger partial charge in [-0.25, -0.2) is 4.79 Å². The molecule has 0 aliphatic carbocycles. The lowest BCUT2D eigenvalue weighted by molar-refractivity contribution is -0.145. The van der Waals surface area contributed by atoms with Gasteiger partial charge >= 0.3 is 5.97 Å². The number of rotatable bonds is 13. The van der Waals surface area contributed by atoms with Gasteiger partial charge in [0.05, 0.1) is 23.8 Å². The van der Waals surface area contributed by atoms with Gasteiger partial charge in [-0.05, 0) is 44.4 Å². The SMILES string of the molecule is CCOC(=O)[C@H](Cc1ccccc1)NC(=O)c1cc(Cl)c(OCCCCCN2CCN(C(C)=O)CC2)c(Cl)c1O. The number of benzene rings is 2. The lowest BCUT2D eigenvalue weighted by atomic mass is 10.1. The molecular weight excluding hydrogens is 557 g/mol. The summed E-state index contributed by atoms with van der Waals surface area (Å²) in [5.41, 5.74) is 0.662. The Balaban J connectivity index is 1.52. The number of hydrogen-bond acceptors (Lipinski definition) is 7. The third-order valence-electron chi connectivity index (χ3n) is 6.74. The number of halogens is 2. The number of aromatic hydroxyl groups is 1. The van der Waals surface area contributed by atoms with Crippen LogP contribution in [0.25, 0.3) is 0 Å². The molecule has 9 nitrogen and oxygen atoms in total. The highest BCUT2D eigenvalue weighted by atomic mass is 35.5. The van der Waals surface area contributed by atoms with Gasteiger partial charge in [0.15, 0.2) is 11.5 Å². The van der Waals surface area contributed by atoms with E-state index in [0.717, 1.165) is 57.5 Å². The third kappa shape index (κ3) is 9.01. The van der Waals surface area contributed by atoms with E-state index < -0.39 is 23.7 Å². The van der Waals surface area contributed by atoms with E-state index in [1.807, 2.05) is 35.2 Å². The van der Waals surface area contributed by atoms with Crippen molar-refractivity contribution in [3.8, 4) is 11.5 Å². The van der Waals surface area contributed by atoms with Crippen LogP contribution in [0.15, 0.2) is 36.4 Å². The number of piperazine rings is 1. The quantitative estimate of drug-likeness (QED) is 0.263. The summed E-state index contributed by atoms with van der Waals surface area (Å²) in [5.74, 6) is -1.56. The fourth-order valence-corrected chi connectivity index (χ4v) is 5.06. The van der Waals surface area contributed by atoms with Crippen LogP contribution in [-0.4, -0.2) is 84.7 Å². The van der Waals surface area contributed by atoms with Crippen LogP contribution in [0, 0.1) is 0 Å². The number of phenols is 1. The zero-order chi connectivity index (χ0) is 29.1. The van der Waals surface area contributed by atoms with E-state index >= 15 is 0 Å². The largest absolute Gasteiger partial charge is 0.505 e. The number of unbranched alkanes of at least 4 members (excludes halogenated alkanes) is 2. The Hall–Kier alpha value is -3.01. The lowest BCUT2D eigenvalue weighted by Gasteiger charge is -2.34. The Kier molecular flexibility index (Phi) is 12.4. The van der Waals surface area contributed by atoms with Crippen LogP contribution in [0.2, 0.25) is 10.0 Å². The van der Waals surface area contributed by atoms with Crippen molar-refractivity contribution in [2.24, 2.45) is 0 Å².